The lowest BCUT2D eigenvalue weighted by atomic mass is 10.2. The second kappa shape index (κ2) is 11.8. The van der Waals surface area contributed by atoms with Crippen molar-refractivity contribution in [2.75, 3.05) is 20.8 Å². The lowest BCUT2D eigenvalue weighted by Crippen LogP contribution is -2.36. The molecule has 0 radical (unpaired) electrons. The van der Waals surface area contributed by atoms with Crippen LogP contribution in [0.15, 0.2) is 49.1 Å². The van der Waals surface area contributed by atoms with E-state index in [-0.39, 0.29) is 5.97 Å². The standard InChI is InChI=1S/C10H20O4Si.C8H8/c1-9(2)10(11)14-7-6-8-15(5,12-3)13-4;1-2-8-6-4-3-5-7-8/h1,6-8H2,2-5H3;2-7H,1H2. The predicted octanol–water partition coefficient (Wildman–Crippen LogP) is 4.19. The van der Waals surface area contributed by atoms with Crippen LogP contribution in [0.2, 0.25) is 12.6 Å². The fraction of sp³-hybridized carbons (Fsp3) is 0.389. The Labute approximate surface area is 141 Å². The van der Waals surface area contributed by atoms with Crippen molar-refractivity contribution < 1.29 is 18.4 Å². The van der Waals surface area contributed by atoms with Crippen LogP contribution in [0.25, 0.3) is 6.08 Å². The summed E-state index contributed by atoms with van der Waals surface area (Å²) in [6.45, 7) is 11.1. The molecule has 0 saturated carbocycles. The minimum Gasteiger partial charge on any atom is -0.462 e. The average Bonchev–Trinajstić information content (AvgIpc) is 2.59. The van der Waals surface area contributed by atoms with Crippen LogP contribution >= 0.6 is 0 Å². The third-order valence-electron chi connectivity index (χ3n) is 3.26. The Morgan fingerprint density at radius 1 is 1.22 bits per heavy atom. The molecule has 0 aliphatic carbocycles. The van der Waals surface area contributed by atoms with E-state index in [0.29, 0.717) is 12.2 Å². The Hall–Kier alpha value is -1.69. The summed E-state index contributed by atoms with van der Waals surface area (Å²) in [6.07, 6.45) is 2.59. The van der Waals surface area contributed by atoms with Crippen molar-refractivity contribution in [1.29, 1.82) is 0 Å². The predicted molar refractivity (Wildman–Crippen MR) is 97.4 cm³/mol. The molecule has 1 aromatic rings. The first-order valence-electron chi connectivity index (χ1n) is 7.49. The van der Waals surface area contributed by atoms with Crippen molar-refractivity contribution in [1.82, 2.24) is 0 Å². The van der Waals surface area contributed by atoms with Crippen molar-refractivity contribution in [2.45, 2.75) is 25.9 Å². The van der Waals surface area contributed by atoms with Gasteiger partial charge in [-0.25, -0.2) is 4.79 Å². The van der Waals surface area contributed by atoms with E-state index in [1.165, 1.54) is 5.56 Å². The Balaban J connectivity index is 0.000000502. The van der Waals surface area contributed by atoms with Crippen molar-refractivity contribution in [3.05, 3.63) is 54.6 Å². The molecule has 5 heteroatoms. The average molecular weight is 337 g/mol. The Morgan fingerprint density at radius 2 is 1.78 bits per heavy atom. The van der Waals surface area contributed by atoms with Gasteiger partial charge in [0, 0.05) is 19.8 Å². The highest BCUT2D eigenvalue weighted by Gasteiger charge is 2.27. The van der Waals surface area contributed by atoms with E-state index >= 15 is 0 Å². The summed E-state index contributed by atoms with van der Waals surface area (Å²) in [5.74, 6) is -0.340. The van der Waals surface area contributed by atoms with E-state index in [2.05, 4.69) is 13.2 Å². The van der Waals surface area contributed by atoms with E-state index in [1.807, 2.05) is 43.0 Å². The van der Waals surface area contributed by atoms with E-state index in [4.69, 9.17) is 13.6 Å². The molecule has 1 aromatic carbocycles. The first-order valence-corrected chi connectivity index (χ1v) is 10.0. The van der Waals surface area contributed by atoms with Gasteiger partial charge in [-0.2, -0.15) is 0 Å². The van der Waals surface area contributed by atoms with Gasteiger partial charge in [-0.15, -0.1) is 0 Å². The van der Waals surface area contributed by atoms with Gasteiger partial charge in [0.25, 0.3) is 0 Å². The number of carbonyl (C=O) groups is 1. The molecule has 0 aromatic heterocycles. The molecule has 4 nitrogen and oxygen atoms in total. The molecule has 0 fully saturated rings. The van der Waals surface area contributed by atoms with Crippen molar-refractivity contribution >= 4 is 20.6 Å². The maximum atomic E-state index is 11.0. The number of ether oxygens (including phenoxy) is 1. The topological polar surface area (TPSA) is 44.8 Å². The molecule has 0 aliphatic rings. The number of hydrogen-bond donors (Lipinski definition) is 0. The minimum atomic E-state index is -2.01. The fourth-order valence-corrected chi connectivity index (χ4v) is 2.92. The van der Waals surface area contributed by atoms with Gasteiger partial charge in [0.1, 0.15) is 0 Å². The van der Waals surface area contributed by atoms with E-state index < -0.39 is 8.56 Å². The molecular formula is C18H28O4Si. The zero-order valence-corrected chi connectivity index (χ0v) is 15.6. The van der Waals surface area contributed by atoms with Gasteiger partial charge in [-0.1, -0.05) is 49.6 Å². The second-order valence-corrected chi connectivity index (χ2v) is 8.76. The van der Waals surface area contributed by atoms with Gasteiger partial charge in [-0.05, 0) is 31.5 Å². The first-order chi connectivity index (χ1) is 10.9. The summed E-state index contributed by atoms with van der Waals surface area (Å²) in [4.78, 5) is 11.0. The molecule has 128 valence electrons. The summed E-state index contributed by atoms with van der Waals surface area (Å²) in [5, 5.41) is 0. The van der Waals surface area contributed by atoms with Crippen LogP contribution in [0.5, 0.6) is 0 Å². The largest absolute Gasteiger partial charge is 0.462 e. The molecule has 0 bridgehead atoms. The van der Waals surface area contributed by atoms with Crippen LogP contribution in [0, 0.1) is 0 Å². The van der Waals surface area contributed by atoms with Gasteiger partial charge in [0.05, 0.1) is 6.61 Å². The molecule has 0 spiro atoms. The Morgan fingerprint density at radius 3 is 2.17 bits per heavy atom. The molecule has 0 heterocycles. The number of carbonyl (C=O) groups excluding carboxylic acids is 1. The molecular weight excluding hydrogens is 308 g/mol. The summed E-state index contributed by atoms with van der Waals surface area (Å²) in [5.41, 5.74) is 1.60. The molecule has 0 unspecified atom stereocenters. The summed E-state index contributed by atoms with van der Waals surface area (Å²) < 4.78 is 15.6. The van der Waals surface area contributed by atoms with Crippen LogP contribution in [0.3, 0.4) is 0 Å². The summed E-state index contributed by atoms with van der Waals surface area (Å²) in [6, 6.07) is 10.8. The lowest BCUT2D eigenvalue weighted by molar-refractivity contribution is -0.138. The highest BCUT2D eigenvalue weighted by molar-refractivity contribution is 6.65. The van der Waals surface area contributed by atoms with Crippen LogP contribution < -0.4 is 0 Å². The second-order valence-electron chi connectivity index (χ2n) is 5.18. The van der Waals surface area contributed by atoms with Gasteiger partial charge < -0.3 is 13.6 Å². The molecule has 0 atom stereocenters. The molecule has 0 saturated heterocycles. The number of esters is 1. The number of rotatable bonds is 8. The summed E-state index contributed by atoms with van der Waals surface area (Å²) in [7, 11) is 1.29. The maximum absolute atomic E-state index is 11.0. The molecule has 23 heavy (non-hydrogen) atoms. The monoisotopic (exact) mass is 336 g/mol. The Bertz CT molecular complexity index is 481. The number of benzene rings is 1. The molecule has 1 rings (SSSR count). The third-order valence-corrected chi connectivity index (χ3v) is 6.24. The highest BCUT2D eigenvalue weighted by atomic mass is 28.4. The SMILES string of the molecule is C=C(C)C(=O)OCCC[Si](C)(OC)OC.C=Cc1ccccc1. The van der Waals surface area contributed by atoms with E-state index in [1.54, 1.807) is 21.1 Å². The third kappa shape index (κ3) is 9.83. The smallest absolute Gasteiger partial charge is 0.334 e. The Kier molecular flexibility index (Phi) is 10.9. The van der Waals surface area contributed by atoms with Gasteiger partial charge in [0.15, 0.2) is 0 Å². The molecule has 0 amide bonds. The maximum Gasteiger partial charge on any atom is 0.334 e. The lowest BCUT2D eigenvalue weighted by Gasteiger charge is -2.22. The zero-order valence-electron chi connectivity index (χ0n) is 14.6. The molecule has 0 aliphatic heterocycles. The van der Waals surface area contributed by atoms with Crippen LogP contribution in [0.1, 0.15) is 18.9 Å². The van der Waals surface area contributed by atoms with Crippen molar-refractivity contribution in [2.24, 2.45) is 0 Å². The van der Waals surface area contributed by atoms with Crippen molar-refractivity contribution in [3.63, 3.8) is 0 Å². The normalized spacial score (nSPS) is 10.3. The quantitative estimate of drug-likeness (QED) is 0.309. The van der Waals surface area contributed by atoms with Gasteiger partial charge in [-0.3, -0.25) is 0 Å². The van der Waals surface area contributed by atoms with Gasteiger partial charge in [0.2, 0.25) is 0 Å². The fourth-order valence-electron chi connectivity index (χ4n) is 1.56. The summed E-state index contributed by atoms with van der Waals surface area (Å²) >= 11 is 0. The molecule has 0 N–H and O–H groups in total. The first kappa shape index (κ1) is 21.3. The van der Waals surface area contributed by atoms with E-state index in [9.17, 15) is 4.79 Å². The van der Waals surface area contributed by atoms with Crippen LogP contribution in [-0.2, 0) is 18.4 Å². The van der Waals surface area contributed by atoms with Crippen molar-refractivity contribution in [3.8, 4) is 0 Å². The van der Waals surface area contributed by atoms with Crippen LogP contribution in [-0.4, -0.2) is 35.4 Å². The number of hydrogen-bond acceptors (Lipinski definition) is 4. The van der Waals surface area contributed by atoms with Crippen LogP contribution in [0.4, 0.5) is 0 Å². The minimum absolute atomic E-state index is 0.340. The van der Waals surface area contributed by atoms with E-state index in [0.717, 1.165) is 12.5 Å². The highest BCUT2D eigenvalue weighted by Crippen LogP contribution is 2.13. The van der Waals surface area contributed by atoms with Gasteiger partial charge >= 0.3 is 14.5 Å². The zero-order chi connectivity index (χ0) is 17.7.